The smallest absolute Gasteiger partial charge is 0.199 e. The fraction of sp³-hybridized carbons (Fsp3) is 0.214. The average molecular weight is 277 g/mol. The van der Waals surface area contributed by atoms with Crippen LogP contribution in [0.3, 0.4) is 0 Å². The minimum atomic E-state index is 0.433. The zero-order chi connectivity index (χ0) is 13.2. The molecule has 5 heteroatoms. The molecule has 2 heterocycles. The van der Waals surface area contributed by atoms with Crippen molar-refractivity contribution in [2.75, 3.05) is 0 Å². The van der Waals surface area contributed by atoms with Gasteiger partial charge in [-0.05, 0) is 24.6 Å². The average Bonchev–Trinajstić information content (AvgIpc) is 2.94. The zero-order valence-electron chi connectivity index (χ0n) is 10.4. The van der Waals surface area contributed by atoms with E-state index in [1.807, 2.05) is 37.3 Å². The number of hydrogen-bond acceptors (Lipinski definition) is 4. The van der Waals surface area contributed by atoms with Crippen LogP contribution in [0.1, 0.15) is 17.0 Å². The molecule has 0 saturated heterocycles. The minimum Gasteiger partial charge on any atom is -0.444 e. The van der Waals surface area contributed by atoms with Crippen LogP contribution in [0.25, 0.3) is 11.0 Å². The van der Waals surface area contributed by atoms with Crippen LogP contribution in [-0.4, -0.2) is 5.16 Å². The van der Waals surface area contributed by atoms with Crippen molar-refractivity contribution >= 4 is 22.6 Å². The van der Waals surface area contributed by atoms with Gasteiger partial charge in [-0.15, -0.1) is 0 Å². The molecular weight excluding hydrogens is 264 g/mol. The fourth-order valence-corrected chi connectivity index (χ4v) is 2.30. The summed E-state index contributed by atoms with van der Waals surface area (Å²) in [5.41, 5.74) is 2.65. The minimum absolute atomic E-state index is 0.433. The highest BCUT2D eigenvalue weighted by Crippen LogP contribution is 2.29. The molecule has 0 aliphatic heterocycles. The summed E-state index contributed by atoms with van der Waals surface area (Å²) in [5, 5.41) is 8.58. The monoisotopic (exact) mass is 276 g/mol. The molecule has 0 amide bonds. The highest BCUT2D eigenvalue weighted by molar-refractivity contribution is 6.30. The van der Waals surface area contributed by atoms with Gasteiger partial charge >= 0.3 is 0 Å². The van der Waals surface area contributed by atoms with Gasteiger partial charge in [0.15, 0.2) is 11.0 Å². The van der Waals surface area contributed by atoms with Crippen LogP contribution in [0.4, 0.5) is 0 Å². The number of para-hydroxylation sites is 1. The SMILES string of the molecule is Cc1cc(CNCc2c(Cl)oc3ccccc23)on1. The van der Waals surface area contributed by atoms with Gasteiger partial charge in [0.25, 0.3) is 0 Å². The van der Waals surface area contributed by atoms with Crippen molar-refractivity contribution in [1.82, 2.24) is 10.5 Å². The Morgan fingerprint density at radius 2 is 2.11 bits per heavy atom. The van der Waals surface area contributed by atoms with E-state index in [0.717, 1.165) is 28.0 Å². The molecule has 3 rings (SSSR count). The third kappa shape index (κ3) is 2.50. The van der Waals surface area contributed by atoms with Crippen LogP contribution < -0.4 is 5.32 Å². The molecular formula is C14H13ClN2O2. The number of furan rings is 1. The van der Waals surface area contributed by atoms with E-state index in [0.29, 0.717) is 18.3 Å². The number of nitrogens with zero attached hydrogens (tertiary/aromatic N) is 1. The number of hydrogen-bond donors (Lipinski definition) is 1. The fourth-order valence-electron chi connectivity index (χ4n) is 2.04. The van der Waals surface area contributed by atoms with Gasteiger partial charge in [0.1, 0.15) is 5.58 Å². The standard InChI is InChI=1S/C14H13ClN2O2/c1-9-6-10(19-17-9)7-16-8-12-11-4-2-3-5-13(11)18-14(12)15/h2-6,16H,7-8H2,1H3. The molecule has 0 saturated carbocycles. The van der Waals surface area contributed by atoms with Crippen molar-refractivity contribution < 1.29 is 8.94 Å². The quantitative estimate of drug-likeness (QED) is 0.790. The molecule has 0 aliphatic rings. The molecule has 1 N–H and O–H groups in total. The third-order valence-electron chi connectivity index (χ3n) is 2.93. The lowest BCUT2D eigenvalue weighted by atomic mass is 10.2. The molecule has 0 spiro atoms. The Hall–Kier alpha value is -1.78. The first-order valence-corrected chi connectivity index (χ1v) is 6.40. The Kier molecular flexibility index (Phi) is 3.27. The molecule has 19 heavy (non-hydrogen) atoms. The topological polar surface area (TPSA) is 51.2 Å². The maximum absolute atomic E-state index is 6.11. The number of rotatable bonds is 4. The highest BCUT2D eigenvalue weighted by Gasteiger charge is 2.11. The molecule has 98 valence electrons. The predicted octanol–water partition coefficient (Wildman–Crippen LogP) is 3.67. The Bertz CT molecular complexity index is 702. The number of aryl methyl sites for hydroxylation is 1. The van der Waals surface area contributed by atoms with Crippen molar-refractivity contribution in [3.63, 3.8) is 0 Å². The van der Waals surface area contributed by atoms with Gasteiger partial charge in [0.2, 0.25) is 0 Å². The zero-order valence-corrected chi connectivity index (χ0v) is 11.2. The van der Waals surface area contributed by atoms with Crippen molar-refractivity contribution in [1.29, 1.82) is 0 Å². The first-order valence-electron chi connectivity index (χ1n) is 6.03. The van der Waals surface area contributed by atoms with Crippen LogP contribution in [0.5, 0.6) is 0 Å². The summed E-state index contributed by atoms with van der Waals surface area (Å²) >= 11 is 6.11. The van der Waals surface area contributed by atoms with E-state index >= 15 is 0 Å². The second-order valence-electron chi connectivity index (χ2n) is 4.39. The van der Waals surface area contributed by atoms with E-state index in [1.165, 1.54) is 0 Å². The lowest BCUT2D eigenvalue weighted by Gasteiger charge is -2.00. The molecule has 1 aromatic carbocycles. The lowest BCUT2D eigenvalue weighted by molar-refractivity contribution is 0.369. The van der Waals surface area contributed by atoms with Gasteiger partial charge in [0.05, 0.1) is 12.2 Å². The van der Waals surface area contributed by atoms with Crippen molar-refractivity contribution in [2.24, 2.45) is 0 Å². The molecule has 0 bridgehead atoms. The van der Waals surface area contributed by atoms with Gasteiger partial charge in [0, 0.05) is 23.6 Å². The van der Waals surface area contributed by atoms with Gasteiger partial charge in [-0.2, -0.15) is 0 Å². The first-order chi connectivity index (χ1) is 9.24. The van der Waals surface area contributed by atoms with Crippen LogP contribution in [0.2, 0.25) is 5.22 Å². The van der Waals surface area contributed by atoms with Crippen molar-refractivity contribution in [3.05, 3.63) is 52.6 Å². The lowest BCUT2D eigenvalue weighted by Crippen LogP contribution is -2.12. The predicted molar refractivity (Wildman–Crippen MR) is 73.0 cm³/mol. The second-order valence-corrected chi connectivity index (χ2v) is 4.73. The summed E-state index contributed by atoms with van der Waals surface area (Å²) in [6, 6.07) is 9.71. The third-order valence-corrected chi connectivity index (χ3v) is 3.23. The molecule has 0 atom stereocenters. The maximum Gasteiger partial charge on any atom is 0.199 e. The van der Waals surface area contributed by atoms with E-state index < -0.39 is 0 Å². The molecule has 0 unspecified atom stereocenters. The van der Waals surface area contributed by atoms with Crippen LogP contribution in [0.15, 0.2) is 39.3 Å². The van der Waals surface area contributed by atoms with Crippen molar-refractivity contribution in [3.8, 4) is 0 Å². The summed E-state index contributed by atoms with van der Waals surface area (Å²) in [5.74, 6) is 0.807. The number of nitrogens with one attached hydrogen (secondary N) is 1. The summed E-state index contributed by atoms with van der Waals surface area (Å²) in [6.07, 6.45) is 0. The summed E-state index contributed by atoms with van der Waals surface area (Å²) in [7, 11) is 0. The summed E-state index contributed by atoms with van der Waals surface area (Å²) in [6.45, 7) is 3.12. The van der Waals surface area contributed by atoms with Gasteiger partial charge in [-0.1, -0.05) is 23.4 Å². The molecule has 2 aromatic heterocycles. The Morgan fingerprint density at radius 1 is 1.26 bits per heavy atom. The summed E-state index contributed by atoms with van der Waals surface area (Å²) < 4.78 is 10.6. The normalized spacial score (nSPS) is 11.3. The molecule has 3 aromatic rings. The van der Waals surface area contributed by atoms with Crippen LogP contribution >= 0.6 is 11.6 Å². The number of halogens is 1. The molecule has 0 fully saturated rings. The van der Waals surface area contributed by atoms with E-state index in [1.54, 1.807) is 0 Å². The number of benzene rings is 1. The van der Waals surface area contributed by atoms with Gasteiger partial charge in [-0.3, -0.25) is 0 Å². The van der Waals surface area contributed by atoms with Crippen molar-refractivity contribution in [2.45, 2.75) is 20.0 Å². The first kappa shape index (κ1) is 12.3. The summed E-state index contributed by atoms with van der Waals surface area (Å²) in [4.78, 5) is 0. The molecule has 0 radical (unpaired) electrons. The Balaban J connectivity index is 1.73. The maximum atomic E-state index is 6.11. The van der Waals surface area contributed by atoms with E-state index in [2.05, 4.69) is 10.5 Å². The number of aromatic nitrogens is 1. The Labute approximate surface area is 115 Å². The van der Waals surface area contributed by atoms with E-state index in [9.17, 15) is 0 Å². The van der Waals surface area contributed by atoms with E-state index in [4.69, 9.17) is 20.5 Å². The van der Waals surface area contributed by atoms with Crippen LogP contribution in [-0.2, 0) is 13.1 Å². The largest absolute Gasteiger partial charge is 0.444 e. The van der Waals surface area contributed by atoms with Gasteiger partial charge < -0.3 is 14.3 Å². The van der Waals surface area contributed by atoms with E-state index in [-0.39, 0.29) is 0 Å². The Morgan fingerprint density at radius 3 is 2.89 bits per heavy atom. The number of fused-ring (bicyclic) bond motifs is 1. The van der Waals surface area contributed by atoms with Crippen LogP contribution in [0, 0.1) is 6.92 Å². The van der Waals surface area contributed by atoms with Gasteiger partial charge in [-0.25, -0.2) is 0 Å². The molecule has 0 aliphatic carbocycles. The highest BCUT2D eigenvalue weighted by atomic mass is 35.5. The second kappa shape index (κ2) is 5.07. The molecule has 4 nitrogen and oxygen atoms in total.